The van der Waals surface area contributed by atoms with Crippen molar-refractivity contribution in [1.29, 1.82) is 0 Å². The molecule has 4 aromatic carbocycles. The molecule has 7 nitrogen and oxygen atoms in total. The lowest BCUT2D eigenvalue weighted by atomic mass is 9.95. The van der Waals surface area contributed by atoms with Crippen LogP contribution in [-0.2, 0) is 11.4 Å². The second kappa shape index (κ2) is 12.9. The molecule has 0 spiro atoms. The van der Waals surface area contributed by atoms with Crippen LogP contribution in [0, 0.1) is 0 Å². The fourth-order valence-corrected chi connectivity index (χ4v) is 6.36. The zero-order valence-electron chi connectivity index (χ0n) is 24.0. The van der Waals surface area contributed by atoms with Crippen LogP contribution in [0.25, 0.3) is 6.08 Å². The number of thiazole rings is 1. The van der Waals surface area contributed by atoms with Crippen LogP contribution in [-0.4, -0.2) is 17.6 Å². The van der Waals surface area contributed by atoms with Crippen LogP contribution in [0.1, 0.15) is 29.7 Å². The van der Waals surface area contributed by atoms with Gasteiger partial charge in [0.15, 0.2) is 4.80 Å². The number of nitrogens with one attached hydrogen (secondary N) is 1. The third kappa shape index (κ3) is 6.29. The molecule has 0 bridgehead atoms. The summed E-state index contributed by atoms with van der Waals surface area (Å²) in [4.78, 5) is 33.1. The van der Waals surface area contributed by atoms with Gasteiger partial charge in [0.1, 0.15) is 18.1 Å². The van der Waals surface area contributed by atoms with Gasteiger partial charge in [-0.2, -0.15) is 0 Å². The molecule has 5 aromatic rings. The number of aromatic nitrogens is 1. The highest BCUT2D eigenvalue weighted by Gasteiger charge is 2.32. The van der Waals surface area contributed by atoms with Gasteiger partial charge in [0.2, 0.25) is 0 Å². The number of benzene rings is 4. The Morgan fingerprint density at radius 1 is 0.977 bits per heavy atom. The van der Waals surface area contributed by atoms with Crippen LogP contribution in [0.15, 0.2) is 129 Å². The molecule has 0 radical (unpaired) electrons. The van der Waals surface area contributed by atoms with Crippen molar-refractivity contribution in [3.05, 3.63) is 155 Å². The number of carbonyl (C=O) groups is 1. The van der Waals surface area contributed by atoms with Gasteiger partial charge in [0.05, 0.1) is 29.0 Å². The highest BCUT2D eigenvalue weighted by Crippen LogP contribution is 2.32. The molecule has 220 valence electrons. The summed E-state index contributed by atoms with van der Waals surface area (Å²) in [6.45, 7) is 2.23. The van der Waals surface area contributed by atoms with Gasteiger partial charge in [-0.15, -0.1) is 0 Å². The molecule has 1 N–H and O–H groups in total. The Kier molecular flexibility index (Phi) is 8.58. The molecule has 0 saturated heterocycles. The van der Waals surface area contributed by atoms with Gasteiger partial charge in [-0.05, 0) is 78.2 Å². The van der Waals surface area contributed by atoms with Gasteiger partial charge in [-0.1, -0.05) is 81.9 Å². The SMILES string of the molecule is COc1cccc([C@@H]2C(C(=O)Nc3ccccc3)=C(C)N=c3s/c(=C\c4cccc(OCc5ccc(Br)cc5)c4)c(=O)n32)c1. The van der Waals surface area contributed by atoms with E-state index < -0.39 is 6.04 Å². The fourth-order valence-electron chi connectivity index (χ4n) is 5.05. The third-order valence-corrected chi connectivity index (χ3v) is 8.69. The van der Waals surface area contributed by atoms with Crippen LogP contribution in [0.5, 0.6) is 11.5 Å². The van der Waals surface area contributed by atoms with Gasteiger partial charge in [0.25, 0.3) is 11.5 Å². The lowest BCUT2D eigenvalue weighted by Gasteiger charge is -2.25. The Balaban J connectivity index is 1.39. The van der Waals surface area contributed by atoms with E-state index in [0.717, 1.165) is 21.2 Å². The van der Waals surface area contributed by atoms with Crippen molar-refractivity contribution in [2.24, 2.45) is 4.99 Å². The van der Waals surface area contributed by atoms with Crippen molar-refractivity contribution in [2.45, 2.75) is 19.6 Å². The first-order valence-corrected chi connectivity index (χ1v) is 15.5. The Morgan fingerprint density at radius 3 is 2.50 bits per heavy atom. The average Bonchev–Trinajstić information content (AvgIpc) is 3.34. The standard InChI is InChI=1S/C35H28BrN3O4S/c1-22-31(33(40)38-27-10-4-3-5-11-27)32(25-9-7-12-28(20-25)42-2)39-34(41)30(44-35(39)37-22)19-24-8-6-13-29(18-24)43-21-23-14-16-26(36)17-15-23/h3-20,32H,21H2,1-2H3,(H,38,40)/b30-19-/t32-/m1/s1. The molecule has 0 unspecified atom stereocenters. The Labute approximate surface area is 266 Å². The smallest absolute Gasteiger partial charge is 0.271 e. The van der Waals surface area contributed by atoms with E-state index in [1.54, 1.807) is 18.6 Å². The van der Waals surface area contributed by atoms with E-state index in [9.17, 15) is 9.59 Å². The summed E-state index contributed by atoms with van der Waals surface area (Å²) in [5, 5.41) is 2.98. The van der Waals surface area contributed by atoms with Crippen molar-refractivity contribution in [1.82, 2.24) is 4.57 Å². The number of carbonyl (C=O) groups excluding carboxylic acids is 1. The number of anilines is 1. The predicted molar refractivity (Wildman–Crippen MR) is 177 cm³/mol. The van der Waals surface area contributed by atoms with E-state index in [2.05, 4.69) is 21.2 Å². The summed E-state index contributed by atoms with van der Waals surface area (Å²) >= 11 is 4.74. The number of hydrogen-bond donors (Lipinski definition) is 1. The van der Waals surface area contributed by atoms with E-state index >= 15 is 0 Å². The molecule has 1 aliphatic heterocycles. The summed E-state index contributed by atoms with van der Waals surface area (Å²) in [5.41, 5.74) is 3.97. The second-order valence-electron chi connectivity index (χ2n) is 10.2. The van der Waals surface area contributed by atoms with Crippen molar-refractivity contribution < 1.29 is 14.3 Å². The number of methoxy groups -OCH3 is 1. The van der Waals surface area contributed by atoms with Gasteiger partial charge in [-0.25, -0.2) is 4.99 Å². The normalized spacial score (nSPS) is 14.5. The van der Waals surface area contributed by atoms with Gasteiger partial charge in [-0.3, -0.25) is 14.2 Å². The van der Waals surface area contributed by atoms with E-state index in [-0.39, 0.29) is 11.5 Å². The summed E-state index contributed by atoms with van der Waals surface area (Å²) < 4.78 is 14.6. The summed E-state index contributed by atoms with van der Waals surface area (Å²) in [6, 6.07) is 31.5. The lowest BCUT2D eigenvalue weighted by molar-refractivity contribution is -0.113. The first-order chi connectivity index (χ1) is 21.4. The van der Waals surface area contributed by atoms with E-state index in [4.69, 9.17) is 14.5 Å². The average molecular weight is 667 g/mol. The molecule has 0 aliphatic carbocycles. The number of allylic oxidation sites excluding steroid dienone is 1. The maximum atomic E-state index is 14.1. The minimum absolute atomic E-state index is 0.236. The highest BCUT2D eigenvalue weighted by atomic mass is 79.9. The number of rotatable bonds is 8. The summed E-state index contributed by atoms with van der Waals surface area (Å²) in [5.74, 6) is 0.997. The second-order valence-corrected chi connectivity index (χ2v) is 12.1. The molecule has 1 aromatic heterocycles. The van der Waals surface area contributed by atoms with Crippen LogP contribution in [0.2, 0.25) is 0 Å². The van der Waals surface area contributed by atoms with Gasteiger partial charge >= 0.3 is 0 Å². The molecular weight excluding hydrogens is 638 g/mol. The van der Waals surface area contributed by atoms with Crippen LogP contribution >= 0.6 is 27.3 Å². The quantitative estimate of drug-likeness (QED) is 0.213. The van der Waals surface area contributed by atoms with E-state index in [1.807, 2.05) is 109 Å². The molecule has 1 atom stereocenters. The Hall–Kier alpha value is -4.73. The number of para-hydroxylation sites is 1. The lowest BCUT2D eigenvalue weighted by Crippen LogP contribution is -2.40. The van der Waals surface area contributed by atoms with E-state index in [1.165, 1.54) is 11.3 Å². The first-order valence-electron chi connectivity index (χ1n) is 13.9. The largest absolute Gasteiger partial charge is 0.497 e. The number of halogens is 1. The van der Waals surface area contributed by atoms with Crippen molar-refractivity contribution in [3.63, 3.8) is 0 Å². The Morgan fingerprint density at radius 2 is 1.73 bits per heavy atom. The monoisotopic (exact) mass is 665 g/mol. The molecule has 0 fully saturated rings. The molecule has 1 aliphatic rings. The highest BCUT2D eigenvalue weighted by molar-refractivity contribution is 9.10. The third-order valence-electron chi connectivity index (χ3n) is 7.18. The topological polar surface area (TPSA) is 81.9 Å². The molecule has 2 heterocycles. The van der Waals surface area contributed by atoms with E-state index in [0.29, 0.717) is 44.4 Å². The number of amides is 1. The molecular formula is C35H28BrN3O4S. The summed E-state index contributed by atoms with van der Waals surface area (Å²) in [7, 11) is 1.59. The minimum Gasteiger partial charge on any atom is -0.497 e. The molecule has 6 rings (SSSR count). The van der Waals surface area contributed by atoms with Gasteiger partial charge in [0, 0.05) is 10.2 Å². The van der Waals surface area contributed by atoms with Crippen molar-refractivity contribution in [2.75, 3.05) is 12.4 Å². The molecule has 1 amide bonds. The predicted octanol–water partition coefficient (Wildman–Crippen LogP) is 6.22. The van der Waals surface area contributed by atoms with Crippen LogP contribution in [0.4, 0.5) is 5.69 Å². The van der Waals surface area contributed by atoms with Gasteiger partial charge < -0.3 is 14.8 Å². The maximum Gasteiger partial charge on any atom is 0.271 e. The minimum atomic E-state index is -0.701. The van der Waals surface area contributed by atoms with Crippen LogP contribution in [0.3, 0.4) is 0 Å². The summed E-state index contributed by atoms with van der Waals surface area (Å²) in [6.07, 6.45) is 1.84. The molecule has 9 heteroatoms. The molecule has 44 heavy (non-hydrogen) atoms. The maximum absolute atomic E-state index is 14.1. The number of ether oxygens (including phenoxy) is 2. The zero-order valence-corrected chi connectivity index (χ0v) is 26.4. The van der Waals surface area contributed by atoms with Crippen LogP contribution < -0.4 is 29.7 Å². The number of fused-ring (bicyclic) bond motifs is 1. The Bertz CT molecular complexity index is 2050. The number of nitrogens with zero attached hydrogens (tertiary/aromatic N) is 2. The zero-order chi connectivity index (χ0) is 30.6. The number of hydrogen-bond acceptors (Lipinski definition) is 6. The molecule has 0 saturated carbocycles. The first kappa shape index (κ1) is 29.3. The fraction of sp³-hybridized carbons (Fsp3) is 0.114. The van der Waals surface area contributed by atoms with Crippen molar-refractivity contribution in [3.8, 4) is 11.5 Å². The van der Waals surface area contributed by atoms with Crippen molar-refractivity contribution >= 4 is 44.9 Å².